The Labute approximate surface area is 338 Å². The van der Waals surface area contributed by atoms with Gasteiger partial charge in [-0.05, 0) is 163 Å². The number of nitrogens with one attached hydrogen (secondary N) is 1. The largest absolute Gasteiger partial charge is 0.507 e. The lowest BCUT2D eigenvalue weighted by Crippen LogP contribution is -2.38. The van der Waals surface area contributed by atoms with Gasteiger partial charge in [-0.25, -0.2) is 4.79 Å². The molecule has 1 unspecified atom stereocenters. The van der Waals surface area contributed by atoms with Crippen LogP contribution in [-0.4, -0.2) is 38.4 Å². The summed E-state index contributed by atoms with van der Waals surface area (Å²) in [6.07, 6.45) is 0.0962. The van der Waals surface area contributed by atoms with Gasteiger partial charge in [0.25, 0.3) is 0 Å². The number of ether oxygens (including phenoxy) is 1. The van der Waals surface area contributed by atoms with Crippen molar-refractivity contribution >= 4 is 113 Å². The van der Waals surface area contributed by atoms with E-state index in [4.69, 9.17) is 9.15 Å². The van der Waals surface area contributed by atoms with E-state index >= 15 is 0 Å². The number of phenolic OH excluding ortho intramolecular Hbond substituents is 2. The van der Waals surface area contributed by atoms with Crippen molar-refractivity contribution in [3.8, 4) is 45.4 Å². The molecule has 0 fully saturated rings. The summed E-state index contributed by atoms with van der Waals surface area (Å²) >= 11 is 8.35. The molecule has 10 nitrogen and oxygen atoms in total. The number of carbonyl (C=O) groups is 2. The van der Waals surface area contributed by atoms with Crippen molar-refractivity contribution in [2.75, 3.05) is 0 Å². The molecule has 0 bridgehead atoms. The molecule has 1 atom stereocenters. The fourth-order valence-electron chi connectivity index (χ4n) is 5.58. The number of rotatable bonds is 10. The van der Waals surface area contributed by atoms with E-state index in [2.05, 4.69) is 50.5 Å². The van der Waals surface area contributed by atoms with Crippen LogP contribution in [0.4, 0.5) is 0 Å². The van der Waals surface area contributed by atoms with Crippen LogP contribution in [0.15, 0.2) is 88.1 Å². The summed E-state index contributed by atoms with van der Waals surface area (Å²) in [4.78, 5) is 37.1. The van der Waals surface area contributed by atoms with E-state index in [1.807, 2.05) is 57.3 Å². The monoisotopic (exact) mass is 1120 g/mol. The van der Waals surface area contributed by atoms with Gasteiger partial charge in [-0.3, -0.25) is 14.9 Å². The highest BCUT2D eigenvalue weighted by atomic mass is 127. The molecule has 0 saturated carbocycles. The van der Waals surface area contributed by atoms with E-state index in [1.165, 1.54) is 24.3 Å². The Balaban J connectivity index is 1.35. The second kappa shape index (κ2) is 15.2. The van der Waals surface area contributed by atoms with Gasteiger partial charge in [-0.1, -0.05) is 18.2 Å². The highest BCUT2D eigenvalue weighted by Gasteiger charge is 2.25. The molecule has 0 radical (unpaired) electrons. The quantitative estimate of drug-likeness (QED) is 0.0662. The number of aromatic carboxylic acids is 1. The van der Waals surface area contributed by atoms with Crippen LogP contribution in [-0.2, 0) is 17.8 Å². The van der Waals surface area contributed by atoms with Crippen LogP contribution >= 0.6 is 90.4 Å². The molecular weight excluding hydrogens is 1100 g/mol. The molecule has 1 aliphatic carbocycles. The first-order valence-electron chi connectivity index (χ1n) is 14.7. The SMILES string of the molecule is O=C(O)c1ccccc1-c1c2ccc(=O)cc-2oc2c(CNC(Cc3cc(I)c(Oc4cc(I)c(O)c(I)c4)c(I)c3)C(=O)O)c(O)ccc12. The number of carboxylic acids is 2. The van der Waals surface area contributed by atoms with Gasteiger partial charge in [-0.15, -0.1) is 0 Å². The molecule has 2 aliphatic rings. The number of halogens is 4. The van der Waals surface area contributed by atoms with Crippen LogP contribution in [0.1, 0.15) is 21.5 Å². The smallest absolute Gasteiger partial charge is 0.336 e. The molecule has 50 heavy (non-hydrogen) atoms. The summed E-state index contributed by atoms with van der Waals surface area (Å²) in [5.41, 5.74) is 2.27. The normalized spacial score (nSPS) is 11.9. The number of aliphatic carboxylic acids is 1. The molecule has 0 spiro atoms. The predicted octanol–water partition coefficient (Wildman–Crippen LogP) is 8.67. The second-order valence-electron chi connectivity index (χ2n) is 11.1. The van der Waals surface area contributed by atoms with Crippen LogP contribution in [0, 0.1) is 14.3 Å². The first kappa shape index (κ1) is 36.6. The summed E-state index contributed by atoms with van der Waals surface area (Å²) in [5, 5.41) is 44.8. The van der Waals surface area contributed by atoms with Crippen LogP contribution in [0.25, 0.3) is 33.4 Å². The van der Waals surface area contributed by atoms with Crippen molar-refractivity contribution in [1.29, 1.82) is 0 Å². The average molecular weight is 1120 g/mol. The van der Waals surface area contributed by atoms with Crippen molar-refractivity contribution in [2.45, 2.75) is 19.0 Å². The van der Waals surface area contributed by atoms with E-state index in [-0.39, 0.29) is 52.4 Å². The molecule has 1 aliphatic heterocycles. The van der Waals surface area contributed by atoms with Gasteiger partial charge in [0.1, 0.15) is 34.6 Å². The van der Waals surface area contributed by atoms with E-state index in [1.54, 1.807) is 42.5 Å². The minimum atomic E-state index is -1.14. The van der Waals surface area contributed by atoms with E-state index in [0.29, 0.717) is 40.7 Å². The van der Waals surface area contributed by atoms with Crippen LogP contribution in [0.5, 0.6) is 23.0 Å². The Morgan fingerprint density at radius 2 is 1.50 bits per heavy atom. The molecule has 6 rings (SSSR count). The van der Waals surface area contributed by atoms with Crippen LogP contribution in [0.3, 0.4) is 0 Å². The van der Waals surface area contributed by atoms with Crippen LogP contribution in [0.2, 0.25) is 0 Å². The van der Waals surface area contributed by atoms with Gasteiger partial charge in [0, 0.05) is 29.1 Å². The molecule has 0 saturated heterocycles. The maximum atomic E-state index is 12.5. The van der Waals surface area contributed by atoms with Crippen molar-refractivity contribution in [1.82, 2.24) is 5.32 Å². The van der Waals surface area contributed by atoms with Crippen molar-refractivity contribution in [3.63, 3.8) is 0 Å². The summed E-state index contributed by atoms with van der Waals surface area (Å²) in [6, 6.07) is 19.8. The standard InChI is InChI=1S/C36H23I4NO9/c37-24-13-18(14-25(38)32(24)44)49-34-26(39)9-16(10-27(34)40)11-28(36(47)48)41-15-23-29(43)8-7-22-31(19-3-1-2-4-20(19)35(45)46)21-6-5-17(42)12-30(21)50-33(22)23/h1-10,12-14,28,41,43-44H,11,15H2,(H,45,46)(H,47,48). The van der Waals surface area contributed by atoms with Crippen molar-refractivity contribution in [3.05, 3.63) is 120 Å². The number of fused-ring (bicyclic) bond motifs is 2. The number of benzene rings is 5. The third-order valence-electron chi connectivity index (χ3n) is 7.90. The lowest BCUT2D eigenvalue weighted by molar-refractivity contribution is -0.139. The van der Waals surface area contributed by atoms with E-state index in [0.717, 1.165) is 12.7 Å². The number of phenols is 2. The molecule has 254 valence electrons. The van der Waals surface area contributed by atoms with Gasteiger partial charge < -0.3 is 29.6 Å². The Morgan fingerprint density at radius 3 is 2.16 bits per heavy atom. The van der Waals surface area contributed by atoms with Crippen molar-refractivity contribution in [2.24, 2.45) is 0 Å². The second-order valence-corrected chi connectivity index (χ2v) is 15.8. The summed E-state index contributed by atoms with van der Waals surface area (Å²) in [5.74, 6) is -0.894. The van der Waals surface area contributed by atoms with Gasteiger partial charge in [-0.2, -0.15) is 0 Å². The Morgan fingerprint density at radius 1 is 0.820 bits per heavy atom. The van der Waals surface area contributed by atoms with Gasteiger partial charge >= 0.3 is 11.9 Å². The average Bonchev–Trinajstić information content (AvgIpc) is 3.06. The number of aromatic hydroxyl groups is 2. The van der Waals surface area contributed by atoms with Gasteiger partial charge in [0.2, 0.25) is 0 Å². The fraction of sp³-hybridized carbons (Fsp3) is 0.0833. The molecule has 4 aromatic rings. The zero-order valence-corrected chi connectivity index (χ0v) is 34.0. The van der Waals surface area contributed by atoms with E-state index < -0.39 is 18.0 Å². The summed E-state index contributed by atoms with van der Waals surface area (Å²) < 4.78 is 15.2. The minimum Gasteiger partial charge on any atom is -0.507 e. The van der Waals surface area contributed by atoms with Gasteiger partial charge in [0.15, 0.2) is 11.2 Å². The first-order chi connectivity index (χ1) is 23.8. The highest BCUT2D eigenvalue weighted by Crippen LogP contribution is 2.44. The Hall–Kier alpha value is -3.21. The maximum absolute atomic E-state index is 12.5. The molecule has 14 heteroatoms. The summed E-state index contributed by atoms with van der Waals surface area (Å²) in [6.45, 7) is -0.125. The highest BCUT2D eigenvalue weighted by molar-refractivity contribution is 14.1. The zero-order chi connectivity index (χ0) is 35.9. The van der Waals surface area contributed by atoms with Crippen LogP contribution < -0.4 is 15.5 Å². The molecule has 1 heterocycles. The lowest BCUT2D eigenvalue weighted by atomic mass is 9.90. The van der Waals surface area contributed by atoms with Crippen molar-refractivity contribution < 1.29 is 39.2 Å². The van der Waals surface area contributed by atoms with Gasteiger partial charge in [0.05, 0.1) is 25.4 Å². The third kappa shape index (κ3) is 7.53. The fourth-order valence-corrected chi connectivity index (χ4v) is 9.41. The molecule has 4 aromatic carbocycles. The molecular formula is C36H23I4NO9. The first-order valence-corrected chi connectivity index (χ1v) is 19.0. The van der Waals surface area contributed by atoms with E-state index in [9.17, 15) is 34.8 Å². The zero-order valence-electron chi connectivity index (χ0n) is 25.3. The Kier molecular flexibility index (Phi) is 11.1. The number of hydrogen-bond donors (Lipinski definition) is 5. The molecule has 0 aromatic heterocycles. The minimum absolute atomic E-state index is 0.0412. The third-order valence-corrected chi connectivity index (χ3v) is 11.1. The summed E-state index contributed by atoms with van der Waals surface area (Å²) in [7, 11) is 0. The predicted molar refractivity (Wildman–Crippen MR) is 221 cm³/mol. The number of carboxylic acid groups (broad SMARTS) is 2. The molecule has 0 amide bonds. The Bertz CT molecular complexity index is 2310. The number of hydrogen-bond acceptors (Lipinski definition) is 8. The lowest BCUT2D eigenvalue weighted by Gasteiger charge is -2.20. The maximum Gasteiger partial charge on any atom is 0.336 e. The topological polar surface area (TPSA) is 167 Å². The molecule has 5 N–H and O–H groups in total.